The number of nitro groups is 1. The fraction of sp³-hybridized carbons (Fsp3) is 0.214. The van der Waals surface area contributed by atoms with Crippen LogP contribution in [0.25, 0.3) is 0 Å². The van der Waals surface area contributed by atoms with Crippen LogP contribution in [0, 0.1) is 10.1 Å². The highest BCUT2D eigenvalue weighted by molar-refractivity contribution is 6.21. The number of nitrogens with zero attached hydrogens (tertiary/aromatic N) is 2. The maximum atomic E-state index is 12.0. The van der Waals surface area contributed by atoms with E-state index in [1.807, 2.05) is 30.3 Å². The second kappa shape index (κ2) is 6.41. The largest absolute Gasteiger partial charge is 0.358 e. The summed E-state index contributed by atoms with van der Waals surface area (Å²) < 4.78 is 1.24. The summed E-state index contributed by atoms with van der Waals surface area (Å²) in [5.74, 6) is -0.530. The third kappa shape index (κ3) is 3.41. The number of aromatic nitrogens is 1. The molecule has 0 aliphatic rings. The molecule has 2 aromatic rings. The molecule has 0 spiro atoms. The van der Waals surface area contributed by atoms with Crippen LogP contribution in [0.5, 0.6) is 0 Å². The van der Waals surface area contributed by atoms with Crippen molar-refractivity contribution in [3.63, 3.8) is 0 Å². The van der Waals surface area contributed by atoms with Crippen LogP contribution in [-0.4, -0.2) is 21.9 Å². The summed E-state index contributed by atoms with van der Waals surface area (Å²) >= 11 is 6.20. The lowest BCUT2D eigenvalue weighted by atomic mass is 10.1. The van der Waals surface area contributed by atoms with Crippen molar-refractivity contribution in [1.82, 2.24) is 9.88 Å². The van der Waals surface area contributed by atoms with Gasteiger partial charge in [-0.05, 0) is 16.6 Å². The maximum Gasteiger partial charge on any atom is 0.323 e. The monoisotopic (exact) mass is 307 g/mol. The molecule has 0 aliphatic carbocycles. The fourth-order valence-corrected chi connectivity index (χ4v) is 2.19. The Morgan fingerprint density at radius 2 is 2.00 bits per heavy atom. The molecule has 1 atom stereocenters. The van der Waals surface area contributed by atoms with Gasteiger partial charge in [-0.2, -0.15) is 0 Å². The molecule has 2 rings (SSSR count). The van der Waals surface area contributed by atoms with Crippen LogP contribution in [-0.2, 0) is 7.05 Å². The Hall–Kier alpha value is -2.34. The molecule has 0 saturated carbocycles. The van der Waals surface area contributed by atoms with Gasteiger partial charge in [0.05, 0.1) is 12.4 Å². The molecule has 1 aromatic heterocycles. The Kier molecular flexibility index (Phi) is 4.59. The minimum Gasteiger partial charge on any atom is -0.358 e. The van der Waals surface area contributed by atoms with E-state index >= 15 is 0 Å². The lowest BCUT2D eigenvalue weighted by Crippen LogP contribution is -2.28. The molecule has 0 radical (unpaired) electrons. The van der Waals surface area contributed by atoms with Gasteiger partial charge >= 0.3 is 5.82 Å². The normalized spacial score (nSPS) is 11.9. The Morgan fingerprint density at radius 3 is 2.57 bits per heavy atom. The molecule has 1 unspecified atom stereocenters. The third-order valence-corrected chi connectivity index (χ3v) is 3.52. The van der Waals surface area contributed by atoms with Gasteiger partial charge in [0, 0.05) is 12.6 Å². The molecule has 1 N–H and O–H groups in total. The Morgan fingerprint density at radius 1 is 1.33 bits per heavy atom. The van der Waals surface area contributed by atoms with Gasteiger partial charge in [-0.25, -0.2) is 4.57 Å². The molecule has 1 aromatic carbocycles. The number of benzene rings is 1. The van der Waals surface area contributed by atoms with E-state index in [0.717, 1.165) is 5.56 Å². The molecule has 0 fully saturated rings. The zero-order chi connectivity index (χ0) is 15.4. The van der Waals surface area contributed by atoms with Gasteiger partial charge in [0.2, 0.25) is 0 Å². The molecule has 1 amide bonds. The van der Waals surface area contributed by atoms with E-state index in [1.54, 1.807) is 0 Å². The molecular weight excluding hydrogens is 294 g/mol. The minimum absolute atomic E-state index is 0.134. The first kappa shape index (κ1) is 15.1. The van der Waals surface area contributed by atoms with Crippen LogP contribution < -0.4 is 5.32 Å². The molecule has 1 heterocycles. The zero-order valence-electron chi connectivity index (χ0n) is 11.3. The summed E-state index contributed by atoms with van der Waals surface area (Å²) in [5.41, 5.74) is 1.12. The standard InChI is InChI=1S/C14H14ClN3O3/c1-17-12(7-8-13(17)18(20)21)14(19)16-9-11(15)10-5-3-2-4-6-10/h2-8,11H,9H2,1H3,(H,16,19). The topological polar surface area (TPSA) is 77.2 Å². The van der Waals surface area contributed by atoms with E-state index in [1.165, 1.54) is 23.7 Å². The average molecular weight is 308 g/mol. The number of nitrogens with one attached hydrogen (secondary N) is 1. The van der Waals surface area contributed by atoms with Crippen molar-refractivity contribution in [2.45, 2.75) is 5.38 Å². The number of alkyl halides is 1. The molecule has 0 aliphatic heterocycles. The van der Waals surface area contributed by atoms with E-state index in [4.69, 9.17) is 11.6 Å². The lowest BCUT2D eigenvalue weighted by Gasteiger charge is -2.10. The Balaban J connectivity index is 2.01. The third-order valence-electron chi connectivity index (χ3n) is 3.12. The summed E-state index contributed by atoms with van der Waals surface area (Å²) in [6.45, 7) is 0.239. The SMILES string of the molecule is Cn1c(C(=O)NCC(Cl)c2ccccc2)ccc1[N+](=O)[O-]. The van der Waals surface area contributed by atoms with Gasteiger partial charge in [0.25, 0.3) is 5.91 Å². The first-order valence-electron chi connectivity index (χ1n) is 6.28. The number of hydrogen-bond donors (Lipinski definition) is 1. The first-order chi connectivity index (χ1) is 10.0. The van der Waals surface area contributed by atoms with Crippen molar-refractivity contribution in [2.24, 2.45) is 7.05 Å². The van der Waals surface area contributed by atoms with Gasteiger partial charge < -0.3 is 15.4 Å². The van der Waals surface area contributed by atoms with Crippen LogP contribution in [0.2, 0.25) is 0 Å². The minimum atomic E-state index is -0.537. The van der Waals surface area contributed by atoms with Crippen LogP contribution in [0.1, 0.15) is 21.4 Å². The maximum absolute atomic E-state index is 12.0. The van der Waals surface area contributed by atoms with Crippen LogP contribution in [0.4, 0.5) is 5.82 Å². The zero-order valence-corrected chi connectivity index (χ0v) is 12.1. The molecule has 21 heavy (non-hydrogen) atoms. The van der Waals surface area contributed by atoms with Gasteiger partial charge in [-0.15, -0.1) is 11.6 Å². The number of carbonyl (C=O) groups excluding carboxylic acids is 1. The highest BCUT2D eigenvalue weighted by Gasteiger charge is 2.21. The van der Waals surface area contributed by atoms with E-state index < -0.39 is 10.8 Å². The lowest BCUT2D eigenvalue weighted by molar-refractivity contribution is -0.391. The van der Waals surface area contributed by atoms with Crippen molar-refractivity contribution in [3.05, 3.63) is 63.8 Å². The molecule has 6 nitrogen and oxygen atoms in total. The number of hydrogen-bond acceptors (Lipinski definition) is 3. The molecule has 7 heteroatoms. The van der Waals surface area contributed by atoms with E-state index in [0.29, 0.717) is 0 Å². The summed E-state index contributed by atoms with van der Waals surface area (Å²) in [4.78, 5) is 22.2. The quantitative estimate of drug-likeness (QED) is 0.524. The predicted molar refractivity (Wildman–Crippen MR) is 79.4 cm³/mol. The van der Waals surface area contributed by atoms with E-state index in [9.17, 15) is 14.9 Å². The first-order valence-corrected chi connectivity index (χ1v) is 6.71. The number of rotatable bonds is 5. The summed E-state index contributed by atoms with van der Waals surface area (Å²) in [6, 6.07) is 12.1. The molecule has 110 valence electrons. The van der Waals surface area contributed by atoms with Crippen LogP contribution >= 0.6 is 11.6 Å². The van der Waals surface area contributed by atoms with E-state index in [-0.39, 0.29) is 23.4 Å². The van der Waals surface area contributed by atoms with Crippen molar-refractivity contribution in [2.75, 3.05) is 6.54 Å². The second-order valence-corrected chi connectivity index (χ2v) is 5.01. The molecule has 0 bridgehead atoms. The predicted octanol–water partition coefficient (Wildman–Crippen LogP) is 2.64. The summed E-state index contributed by atoms with van der Waals surface area (Å²) in [6.07, 6.45) is 0. The van der Waals surface area contributed by atoms with Gasteiger partial charge in [0.15, 0.2) is 5.69 Å². The van der Waals surface area contributed by atoms with Gasteiger partial charge in [-0.1, -0.05) is 30.3 Å². The van der Waals surface area contributed by atoms with Crippen molar-refractivity contribution in [1.29, 1.82) is 0 Å². The highest BCUT2D eigenvalue weighted by atomic mass is 35.5. The van der Waals surface area contributed by atoms with Crippen molar-refractivity contribution >= 4 is 23.3 Å². The van der Waals surface area contributed by atoms with E-state index in [2.05, 4.69) is 5.32 Å². The fourth-order valence-electron chi connectivity index (χ4n) is 1.96. The Bertz CT molecular complexity index is 655. The molecular formula is C14H14ClN3O3. The molecule has 0 saturated heterocycles. The number of halogens is 1. The number of carbonyl (C=O) groups is 1. The Labute approximate surface area is 126 Å². The number of amides is 1. The van der Waals surface area contributed by atoms with Crippen LogP contribution in [0.15, 0.2) is 42.5 Å². The van der Waals surface area contributed by atoms with Crippen molar-refractivity contribution in [3.8, 4) is 0 Å². The van der Waals surface area contributed by atoms with Gasteiger partial charge in [0.1, 0.15) is 0 Å². The smallest absolute Gasteiger partial charge is 0.323 e. The van der Waals surface area contributed by atoms with Crippen molar-refractivity contribution < 1.29 is 9.72 Å². The van der Waals surface area contributed by atoms with Crippen LogP contribution in [0.3, 0.4) is 0 Å². The average Bonchev–Trinajstić information content (AvgIpc) is 2.87. The second-order valence-electron chi connectivity index (χ2n) is 4.48. The van der Waals surface area contributed by atoms with Gasteiger partial charge in [-0.3, -0.25) is 4.79 Å². The summed E-state index contributed by atoms with van der Waals surface area (Å²) in [5, 5.41) is 13.1. The summed E-state index contributed by atoms with van der Waals surface area (Å²) in [7, 11) is 1.47. The highest BCUT2D eigenvalue weighted by Crippen LogP contribution is 2.19.